The molecule has 0 spiro atoms. The van der Waals surface area contributed by atoms with E-state index < -0.39 is 6.10 Å². The summed E-state index contributed by atoms with van der Waals surface area (Å²) in [5.41, 5.74) is 5.57. The molecule has 20 heavy (non-hydrogen) atoms. The fraction of sp³-hybridized carbons (Fsp3) is 0.353. The lowest BCUT2D eigenvalue weighted by molar-refractivity contribution is 0.178. The highest BCUT2D eigenvalue weighted by Gasteiger charge is 2.19. The number of fused-ring (bicyclic) bond motifs is 1. The molecule has 3 heteroatoms. The molecule has 0 fully saturated rings. The molecule has 3 rings (SSSR count). The fourth-order valence-corrected chi connectivity index (χ4v) is 2.74. The lowest BCUT2D eigenvalue weighted by Crippen LogP contribution is -2.06. The zero-order chi connectivity index (χ0) is 13.9. The van der Waals surface area contributed by atoms with Crippen molar-refractivity contribution >= 4 is 5.69 Å². The summed E-state index contributed by atoms with van der Waals surface area (Å²) >= 11 is 0. The van der Waals surface area contributed by atoms with E-state index in [-0.39, 0.29) is 0 Å². The maximum atomic E-state index is 10.5. The van der Waals surface area contributed by atoms with E-state index in [1.54, 1.807) is 0 Å². The number of rotatable bonds is 4. The third-order valence-electron chi connectivity index (χ3n) is 3.93. The Morgan fingerprint density at radius 2 is 2.20 bits per heavy atom. The maximum absolute atomic E-state index is 10.5. The van der Waals surface area contributed by atoms with Crippen LogP contribution in [0.2, 0.25) is 0 Å². The largest absolute Gasteiger partial charge is 0.388 e. The topological polar surface area (TPSA) is 45.1 Å². The van der Waals surface area contributed by atoms with E-state index >= 15 is 0 Å². The molecule has 1 aliphatic rings. The van der Waals surface area contributed by atoms with Crippen LogP contribution in [0, 0.1) is 0 Å². The number of benzene rings is 1. The van der Waals surface area contributed by atoms with Gasteiger partial charge in [-0.15, -0.1) is 0 Å². The zero-order valence-corrected chi connectivity index (χ0v) is 11.8. The maximum Gasteiger partial charge on any atom is 0.0865 e. The number of pyridine rings is 1. The Hall–Kier alpha value is -1.87. The van der Waals surface area contributed by atoms with Crippen LogP contribution in [0.3, 0.4) is 0 Å². The Morgan fingerprint density at radius 3 is 2.95 bits per heavy atom. The number of aromatic nitrogens is 1. The van der Waals surface area contributed by atoms with Crippen LogP contribution in [0.1, 0.15) is 35.4 Å². The van der Waals surface area contributed by atoms with Gasteiger partial charge in [0, 0.05) is 36.1 Å². The molecule has 3 nitrogen and oxygen atoms in total. The number of hydrogen-bond donors (Lipinski definition) is 2. The second kappa shape index (κ2) is 5.63. The van der Waals surface area contributed by atoms with Gasteiger partial charge in [0.2, 0.25) is 0 Å². The van der Waals surface area contributed by atoms with Crippen molar-refractivity contribution in [2.75, 3.05) is 11.9 Å². The molecule has 1 unspecified atom stereocenters. The van der Waals surface area contributed by atoms with E-state index in [2.05, 4.69) is 29.4 Å². The Kier molecular flexibility index (Phi) is 3.70. The monoisotopic (exact) mass is 268 g/mol. The first-order chi connectivity index (χ1) is 9.78. The number of aliphatic hydroxyl groups is 1. The molecule has 1 aromatic carbocycles. The molecule has 0 amide bonds. The molecular formula is C17H20N2O. The quantitative estimate of drug-likeness (QED) is 0.896. The van der Waals surface area contributed by atoms with E-state index in [1.807, 2.05) is 24.4 Å². The normalized spacial score (nSPS) is 14.7. The van der Waals surface area contributed by atoms with E-state index in [0.717, 1.165) is 36.3 Å². The predicted molar refractivity (Wildman–Crippen MR) is 80.9 cm³/mol. The van der Waals surface area contributed by atoms with Crippen molar-refractivity contribution in [3.63, 3.8) is 0 Å². The molecule has 2 N–H and O–H groups in total. The van der Waals surface area contributed by atoms with Gasteiger partial charge in [-0.05, 0) is 30.0 Å². The highest BCUT2D eigenvalue weighted by Crippen LogP contribution is 2.31. The van der Waals surface area contributed by atoms with Gasteiger partial charge in [-0.2, -0.15) is 0 Å². The summed E-state index contributed by atoms with van der Waals surface area (Å²) in [4.78, 5) is 4.43. The van der Waals surface area contributed by atoms with E-state index in [4.69, 9.17) is 0 Å². The Morgan fingerprint density at radius 1 is 1.30 bits per heavy atom. The van der Waals surface area contributed by atoms with Gasteiger partial charge in [0.25, 0.3) is 0 Å². The van der Waals surface area contributed by atoms with Gasteiger partial charge in [0.15, 0.2) is 0 Å². The summed E-state index contributed by atoms with van der Waals surface area (Å²) < 4.78 is 0. The van der Waals surface area contributed by atoms with Crippen LogP contribution in [-0.2, 0) is 19.3 Å². The molecule has 2 heterocycles. The molecule has 0 aliphatic carbocycles. The van der Waals surface area contributed by atoms with Crippen LogP contribution in [0.4, 0.5) is 5.69 Å². The third kappa shape index (κ3) is 2.54. The van der Waals surface area contributed by atoms with Crippen LogP contribution in [-0.4, -0.2) is 16.6 Å². The molecule has 0 saturated heterocycles. The lowest BCUT2D eigenvalue weighted by Gasteiger charge is -2.15. The first-order valence-corrected chi connectivity index (χ1v) is 7.25. The predicted octanol–water partition coefficient (Wildman–Crippen LogP) is 2.89. The molecule has 1 aromatic heterocycles. The van der Waals surface area contributed by atoms with Crippen molar-refractivity contribution in [3.8, 4) is 0 Å². The van der Waals surface area contributed by atoms with Crippen molar-refractivity contribution in [1.82, 2.24) is 4.98 Å². The molecule has 0 radical (unpaired) electrons. The summed E-state index contributed by atoms with van der Waals surface area (Å²) in [6.07, 6.45) is 3.99. The number of nitrogens with one attached hydrogen (secondary N) is 1. The van der Waals surface area contributed by atoms with Crippen molar-refractivity contribution < 1.29 is 5.11 Å². The summed E-state index contributed by atoms with van der Waals surface area (Å²) in [6.45, 7) is 3.08. The second-order valence-electron chi connectivity index (χ2n) is 5.29. The van der Waals surface area contributed by atoms with Gasteiger partial charge >= 0.3 is 0 Å². The summed E-state index contributed by atoms with van der Waals surface area (Å²) in [6, 6.07) is 10.3. The molecule has 1 atom stereocenters. The molecule has 2 aromatic rings. The van der Waals surface area contributed by atoms with E-state index in [9.17, 15) is 5.11 Å². The number of aliphatic hydroxyl groups excluding tert-OH is 1. The highest BCUT2D eigenvalue weighted by molar-refractivity contribution is 5.62. The Balaban J connectivity index is 1.79. The first-order valence-electron chi connectivity index (χ1n) is 7.25. The van der Waals surface area contributed by atoms with Crippen LogP contribution in [0.25, 0.3) is 0 Å². The SMILES string of the molecule is CCc1ccc(CC(O)c2cccc3c2NCC3)nc1. The average molecular weight is 268 g/mol. The van der Waals surface area contributed by atoms with E-state index in [1.165, 1.54) is 11.1 Å². The summed E-state index contributed by atoms with van der Waals surface area (Å²) in [7, 11) is 0. The summed E-state index contributed by atoms with van der Waals surface area (Å²) in [5.74, 6) is 0. The minimum atomic E-state index is -0.504. The van der Waals surface area contributed by atoms with Gasteiger partial charge in [-0.3, -0.25) is 4.98 Å². The Labute approximate surface area is 119 Å². The fourth-order valence-electron chi connectivity index (χ4n) is 2.74. The van der Waals surface area contributed by atoms with Crippen LogP contribution in [0.5, 0.6) is 0 Å². The van der Waals surface area contributed by atoms with Crippen molar-refractivity contribution in [2.24, 2.45) is 0 Å². The second-order valence-corrected chi connectivity index (χ2v) is 5.29. The molecule has 1 aliphatic heterocycles. The van der Waals surface area contributed by atoms with Crippen LogP contribution in [0.15, 0.2) is 36.5 Å². The van der Waals surface area contributed by atoms with Gasteiger partial charge in [-0.25, -0.2) is 0 Å². The number of para-hydroxylation sites is 1. The summed E-state index contributed by atoms with van der Waals surface area (Å²) in [5, 5.41) is 13.9. The van der Waals surface area contributed by atoms with Crippen LogP contribution < -0.4 is 5.32 Å². The standard InChI is InChI=1S/C17H20N2O/c1-2-12-6-7-14(19-11-12)10-16(20)15-5-3-4-13-8-9-18-17(13)15/h3-7,11,16,18,20H,2,8-10H2,1H3. The first kappa shape index (κ1) is 13.1. The minimum absolute atomic E-state index is 0.504. The smallest absolute Gasteiger partial charge is 0.0865 e. The van der Waals surface area contributed by atoms with Crippen molar-refractivity contribution in [2.45, 2.75) is 32.3 Å². The van der Waals surface area contributed by atoms with Crippen molar-refractivity contribution in [3.05, 3.63) is 58.9 Å². The zero-order valence-electron chi connectivity index (χ0n) is 11.8. The third-order valence-corrected chi connectivity index (χ3v) is 3.93. The van der Waals surface area contributed by atoms with Crippen molar-refractivity contribution in [1.29, 1.82) is 0 Å². The highest BCUT2D eigenvalue weighted by atomic mass is 16.3. The lowest BCUT2D eigenvalue weighted by atomic mass is 9.99. The van der Waals surface area contributed by atoms with Crippen LogP contribution >= 0.6 is 0 Å². The van der Waals surface area contributed by atoms with E-state index in [0.29, 0.717) is 6.42 Å². The van der Waals surface area contributed by atoms with Gasteiger partial charge in [-0.1, -0.05) is 31.2 Å². The Bertz CT molecular complexity index is 592. The number of anilines is 1. The van der Waals surface area contributed by atoms with Gasteiger partial charge < -0.3 is 10.4 Å². The number of aryl methyl sites for hydroxylation is 1. The average Bonchev–Trinajstić information content (AvgIpc) is 2.96. The molecular weight excluding hydrogens is 248 g/mol. The molecule has 0 saturated carbocycles. The molecule has 0 bridgehead atoms. The molecule has 104 valence electrons. The minimum Gasteiger partial charge on any atom is -0.388 e. The number of hydrogen-bond acceptors (Lipinski definition) is 3. The van der Waals surface area contributed by atoms with Gasteiger partial charge in [0.1, 0.15) is 0 Å². The number of nitrogens with zero attached hydrogens (tertiary/aromatic N) is 1. The van der Waals surface area contributed by atoms with Gasteiger partial charge in [0.05, 0.1) is 6.10 Å².